The molecule has 0 aromatic carbocycles. The zero-order valence-electron chi connectivity index (χ0n) is 12.4. The summed E-state index contributed by atoms with van der Waals surface area (Å²) in [6.07, 6.45) is 3.70. The number of fused-ring (bicyclic) bond motifs is 2. The van der Waals surface area contributed by atoms with Gasteiger partial charge in [0.1, 0.15) is 0 Å². The summed E-state index contributed by atoms with van der Waals surface area (Å²) in [5.74, 6) is 0.786. The van der Waals surface area contributed by atoms with E-state index in [1.165, 1.54) is 12.8 Å². The fourth-order valence-electron chi connectivity index (χ4n) is 3.96. The van der Waals surface area contributed by atoms with Gasteiger partial charge in [0.25, 0.3) is 0 Å². The van der Waals surface area contributed by atoms with Crippen molar-refractivity contribution in [2.24, 2.45) is 28.4 Å². The van der Waals surface area contributed by atoms with Crippen LogP contribution in [-0.2, 0) is 4.79 Å². The van der Waals surface area contributed by atoms with Crippen LogP contribution in [-0.4, -0.2) is 18.0 Å². The minimum atomic E-state index is -0.101. The molecular weight excluding hydrogens is 224 g/mol. The lowest BCUT2D eigenvalue weighted by Crippen LogP contribution is -2.50. The topological polar surface area (TPSA) is 55.1 Å². The second-order valence-electron chi connectivity index (χ2n) is 7.32. The van der Waals surface area contributed by atoms with Gasteiger partial charge >= 0.3 is 0 Å². The number of carbonyl (C=O) groups is 1. The molecule has 2 aliphatic rings. The summed E-state index contributed by atoms with van der Waals surface area (Å²) in [4.78, 5) is 12.2. The van der Waals surface area contributed by atoms with Gasteiger partial charge in [0.15, 0.2) is 0 Å². The molecule has 0 aliphatic heterocycles. The van der Waals surface area contributed by atoms with Crippen molar-refractivity contribution in [3.8, 4) is 0 Å². The van der Waals surface area contributed by atoms with Crippen molar-refractivity contribution in [1.29, 1.82) is 0 Å². The molecule has 5 atom stereocenters. The molecule has 2 rings (SSSR count). The van der Waals surface area contributed by atoms with Crippen LogP contribution in [0.3, 0.4) is 0 Å². The van der Waals surface area contributed by atoms with Gasteiger partial charge in [-0.2, -0.15) is 0 Å². The second kappa shape index (κ2) is 4.22. The Kier molecular flexibility index (Phi) is 3.25. The molecule has 2 bridgehead atoms. The third kappa shape index (κ3) is 1.78. The molecule has 0 aromatic rings. The minimum absolute atomic E-state index is 0.0793. The first-order valence-electron chi connectivity index (χ1n) is 7.26. The van der Waals surface area contributed by atoms with Crippen LogP contribution < -0.4 is 11.1 Å². The Hall–Kier alpha value is -0.570. The van der Waals surface area contributed by atoms with Gasteiger partial charge in [0, 0.05) is 18.0 Å². The summed E-state index contributed by atoms with van der Waals surface area (Å²) in [6, 6.07) is 0.254. The number of nitrogens with one attached hydrogen (secondary N) is 1. The first-order valence-corrected chi connectivity index (χ1v) is 7.26. The summed E-state index contributed by atoms with van der Waals surface area (Å²) >= 11 is 0. The smallest absolute Gasteiger partial charge is 0.224 e. The van der Waals surface area contributed by atoms with Gasteiger partial charge in [-0.1, -0.05) is 27.7 Å². The van der Waals surface area contributed by atoms with Crippen molar-refractivity contribution in [1.82, 2.24) is 5.32 Å². The van der Waals surface area contributed by atoms with E-state index in [-0.39, 0.29) is 23.3 Å². The standard InChI is InChI=1S/C15H28N2O/c1-9(10(2)16)13(18)17-12-8-11-6-7-15(12,5)14(11,3)4/h9-12H,6-8,16H2,1-5H3,(H,17,18). The van der Waals surface area contributed by atoms with E-state index < -0.39 is 0 Å². The van der Waals surface area contributed by atoms with Crippen LogP contribution in [0, 0.1) is 22.7 Å². The molecule has 0 aromatic heterocycles. The summed E-state index contributed by atoms with van der Waals surface area (Å²) in [5.41, 5.74) is 6.42. The van der Waals surface area contributed by atoms with Crippen LogP contribution in [0.1, 0.15) is 53.9 Å². The first kappa shape index (κ1) is 13.9. The zero-order valence-corrected chi connectivity index (χ0v) is 12.4. The Morgan fingerprint density at radius 3 is 2.33 bits per heavy atom. The Labute approximate surface area is 111 Å². The molecule has 2 aliphatic carbocycles. The van der Waals surface area contributed by atoms with Gasteiger partial charge < -0.3 is 11.1 Å². The molecule has 5 unspecified atom stereocenters. The molecule has 0 heterocycles. The number of hydrogen-bond acceptors (Lipinski definition) is 2. The molecule has 0 saturated heterocycles. The summed E-state index contributed by atoms with van der Waals surface area (Å²) < 4.78 is 0. The predicted molar refractivity (Wildman–Crippen MR) is 74.0 cm³/mol. The SMILES string of the molecule is CC(N)C(C)C(=O)NC1CC2CCC1(C)C2(C)C. The Morgan fingerprint density at radius 2 is 1.94 bits per heavy atom. The van der Waals surface area contributed by atoms with Crippen molar-refractivity contribution < 1.29 is 4.79 Å². The molecule has 0 spiro atoms. The van der Waals surface area contributed by atoms with Gasteiger partial charge in [0.2, 0.25) is 5.91 Å². The maximum atomic E-state index is 12.2. The minimum Gasteiger partial charge on any atom is -0.353 e. The summed E-state index contributed by atoms with van der Waals surface area (Å²) in [5, 5.41) is 3.27. The molecule has 2 saturated carbocycles. The quantitative estimate of drug-likeness (QED) is 0.810. The third-order valence-electron chi connectivity index (χ3n) is 6.31. The molecule has 0 radical (unpaired) electrons. The van der Waals surface area contributed by atoms with Crippen molar-refractivity contribution in [2.45, 2.75) is 66.0 Å². The lowest BCUT2D eigenvalue weighted by Gasteiger charge is -2.40. The number of carbonyl (C=O) groups excluding carboxylic acids is 1. The Balaban J connectivity index is 2.07. The molecule has 3 nitrogen and oxygen atoms in total. The van der Waals surface area contributed by atoms with E-state index in [1.807, 2.05) is 13.8 Å². The fraction of sp³-hybridized carbons (Fsp3) is 0.933. The van der Waals surface area contributed by atoms with Crippen LogP contribution in [0.5, 0.6) is 0 Å². The van der Waals surface area contributed by atoms with Crippen LogP contribution in [0.2, 0.25) is 0 Å². The van der Waals surface area contributed by atoms with E-state index in [4.69, 9.17) is 5.73 Å². The van der Waals surface area contributed by atoms with E-state index in [0.29, 0.717) is 11.5 Å². The third-order valence-corrected chi connectivity index (χ3v) is 6.31. The highest BCUT2D eigenvalue weighted by Crippen LogP contribution is 2.65. The Morgan fingerprint density at radius 1 is 1.33 bits per heavy atom. The molecule has 2 fully saturated rings. The molecule has 3 N–H and O–H groups in total. The lowest BCUT2D eigenvalue weighted by molar-refractivity contribution is -0.126. The second-order valence-corrected chi connectivity index (χ2v) is 7.32. The van der Waals surface area contributed by atoms with Crippen molar-refractivity contribution in [3.05, 3.63) is 0 Å². The van der Waals surface area contributed by atoms with Gasteiger partial charge in [-0.3, -0.25) is 4.79 Å². The fourth-order valence-corrected chi connectivity index (χ4v) is 3.96. The van der Waals surface area contributed by atoms with Crippen molar-refractivity contribution in [2.75, 3.05) is 0 Å². The number of nitrogens with two attached hydrogens (primary N) is 1. The predicted octanol–water partition coefficient (Wildman–Crippen LogP) is 2.30. The van der Waals surface area contributed by atoms with E-state index in [9.17, 15) is 4.79 Å². The van der Waals surface area contributed by atoms with Gasteiger partial charge in [-0.25, -0.2) is 0 Å². The largest absolute Gasteiger partial charge is 0.353 e. The van der Waals surface area contributed by atoms with Crippen molar-refractivity contribution in [3.63, 3.8) is 0 Å². The number of hydrogen-bond donors (Lipinski definition) is 2. The average molecular weight is 252 g/mol. The highest BCUT2D eigenvalue weighted by molar-refractivity contribution is 5.79. The maximum absolute atomic E-state index is 12.2. The van der Waals surface area contributed by atoms with E-state index in [0.717, 1.165) is 12.3 Å². The van der Waals surface area contributed by atoms with Crippen LogP contribution in [0.25, 0.3) is 0 Å². The monoisotopic (exact) mass is 252 g/mol. The molecule has 104 valence electrons. The Bertz CT molecular complexity index is 350. The molecular formula is C15H28N2O. The van der Waals surface area contributed by atoms with Crippen LogP contribution >= 0.6 is 0 Å². The normalized spacial score (nSPS) is 40.6. The molecule has 3 heteroatoms. The van der Waals surface area contributed by atoms with E-state index in [2.05, 4.69) is 26.1 Å². The summed E-state index contributed by atoms with van der Waals surface area (Å²) in [6.45, 7) is 10.9. The highest BCUT2D eigenvalue weighted by atomic mass is 16.2. The lowest BCUT2D eigenvalue weighted by atomic mass is 9.69. The van der Waals surface area contributed by atoms with Gasteiger partial charge in [-0.05, 0) is 42.9 Å². The zero-order chi connectivity index (χ0) is 13.7. The summed E-state index contributed by atoms with van der Waals surface area (Å²) in [7, 11) is 0. The molecule has 18 heavy (non-hydrogen) atoms. The van der Waals surface area contributed by atoms with E-state index >= 15 is 0 Å². The first-order chi connectivity index (χ1) is 8.20. The van der Waals surface area contributed by atoms with Crippen LogP contribution in [0.15, 0.2) is 0 Å². The average Bonchev–Trinajstić information content (AvgIpc) is 2.60. The number of amides is 1. The van der Waals surface area contributed by atoms with Crippen molar-refractivity contribution >= 4 is 5.91 Å². The maximum Gasteiger partial charge on any atom is 0.224 e. The van der Waals surface area contributed by atoms with Gasteiger partial charge in [0.05, 0.1) is 0 Å². The number of rotatable bonds is 3. The highest BCUT2D eigenvalue weighted by Gasteiger charge is 2.61. The van der Waals surface area contributed by atoms with E-state index in [1.54, 1.807) is 0 Å². The molecule has 1 amide bonds. The van der Waals surface area contributed by atoms with Gasteiger partial charge in [-0.15, -0.1) is 0 Å². The van der Waals surface area contributed by atoms with Crippen LogP contribution in [0.4, 0.5) is 0 Å².